The molecule has 41 heavy (non-hydrogen) atoms. The Hall–Kier alpha value is -2.91. The molecule has 1 aromatic heterocycles. The second kappa shape index (κ2) is 11.8. The van der Waals surface area contributed by atoms with E-state index in [4.69, 9.17) is 14.5 Å². The molecule has 0 saturated heterocycles. The predicted octanol–water partition coefficient (Wildman–Crippen LogP) is 7.96. The molecule has 3 aliphatic rings. The summed E-state index contributed by atoms with van der Waals surface area (Å²) in [5, 5.41) is 0. The molecule has 0 spiro atoms. The Morgan fingerprint density at radius 3 is 2.12 bits per heavy atom. The van der Waals surface area contributed by atoms with Crippen LogP contribution in [0.4, 0.5) is 8.63 Å². The van der Waals surface area contributed by atoms with Crippen LogP contribution in [0.1, 0.15) is 48.2 Å². The Balaban J connectivity index is 1.57. The third kappa shape index (κ3) is 5.05. The highest BCUT2D eigenvalue weighted by atomic mass is 32.2. The topological polar surface area (TPSA) is 35.8 Å². The van der Waals surface area contributed by atoms with Crippen molar-refractivity contribution in [1.82, 2.24) is 4.48 Å². The number of hydrogen-bond donors (Lipinski definition) is 0. The van der Waals surface area contributed by atoms with Crippen LogP contribution in [-0.2, 0) is 19.3 Å². The second-order valence-corrected chi connectivity index (χ2v) is 13.3. The van der Waals surface area contributed by atoms with Crippen molar-refractivity contribution in [2.75, 3.05) is 25.7 Å². The van der Waals surface area contributed by atoms with Crippen molar-refractivity contribution in [3.8, 4) is 22.8 Å². The number of aliphatic imine (C=N–C) groups is 1. The fraction of sp³-hybridized carbons (Fsp3) is 0.344. The SMILES string of the molecule is CCSC(SCC)/C(=C1/C=C2CCc3cc(OC)ccc3C2=N1)c1cc2c(n1B(F)F)-c1ccc(OC)cc1CC2. The van der Waals surface area contributed by atoms with Crippen LogP contribution in [-0.4, -0.2) is 47.9 Å². The molecule has 212 valence electrons. The Kier molecular flexibility index (Phi) is 8.10. The summed E-state index contributed by atoms with van der Waals surface area (Å²) in [6.07, 6.45) is 5.42. The molecule has 4 nitrogen and oxygen atoms in total. The number of nitrogens with zero attached hydrogens (tertiary/aromatic N) is 2. The Bertz CT molecular complexity index is 1590. The average Bonchev–Trinajstić information content (AvgIpc) is 3.59. The third-order valence-corrected chi connectivity index (χ3v) is 10.6. The first-order chi connectivity index (χ1) is 20.0. The van der Waals surface area contributed by atoms with E-state index in [9.17, 15) is 0 Å². The number of aromatic nitrogens is 1. The lowest BCUT2D eigenvalue weighted by Crippen LogP contribution is -2.21. The molecule has 0 atom stereocenters. The normalized spacial score (nSPS) is 16.4. The van der Waals surface area contributed by atoms with Crippen molar-refractivity contribution >= 4 is 42.2 Å². The highest BCUT2D eigenvalue weighted by molar-refractivity contribution is 8.17. The van der Waals surface area contributed by atoms with Crippen molar-refractivity contribution in [2.24, 2.45) is 4.99 Å². The van der Waals surface area contributed by atoms with Gasteiger partial charge in [-0.3, -0.25) is 8.63 Å². The zero-order valence-corrected chi connectivity index (χ0v) is 25.4. The first kappa shape index (κ1) is 28.2. The van der Waals surface area contributed by atoms with Crippen LogP contribution >= 0.6 is 23.5 Å². The molecule has 0 saturated carbocycles. The molecule has 0 radical (unpaired) electrons. The fourth-order valence-corrected chi connectivity index (χ4v) is 8.82. The van der Waals surface area contributed by atoms with Crippen LogP contribution in [0.2, 0.25) is 0 Å². The molecule has 0 unspecified atom stereocenters. The maximum Gasteiger partial charge on any atom is 0.678 e. The lowest BCUT2D eigenvalue weighted by atomic mass is 9.87. The highest BCUT2D eigenvalue weighted by Crippen LogP contribution is 2.46. The molecule has 3 aromatic rings. The molecule has 0 bridgehead atoms. The molecular weight excluding hydrogens is 557 g/mol. The second-order valence-electron chi connectivity index (χ2n) is 10.3. The van der Waals surface area contributed by atoms with Gasteiger partial charge in [-0.2, -0.15) is 0 Å². The van der Waals surface area contributed by atoms with E-state index in [1.807, 2.05) is 30.3 Å². The van der Waals surface area contributed by atoms with Gasteiger partial charge in [-0.15, -0.1) is 23.5 Å². The Morgan fingerprint density at radius 2 is 1.49 bits per heavy atom. The number of ether oxygens (including phenoxy) is 2. The van der Waals surface area contributed by atoms with E-state index in [1.54, 1.807) is 37.7 Å². The summed E-state index contributed by atoms with van der Waals surface area (Å²) in [6.45, 7) is 4.25. The van der Waals surface area contributed by atoms with E-state index in [2.05, 4.69) is 32.1 Å². The lowest BCUT2D eigenvalue weighted by Gasteiger charge is -2.23. The largest absolute Gasteiger partial charge is 0.678 e. The molecule has 0 amide bonds. The van der Waals surface area contributed by atoms with Crippen molar-refractivity contribution in [1.29, 1.82) is 0 Å². The zero-order chi connectivity index (χ0) is 28.7. The summed E-state index contributed by atoms with van der Waals surface area (Å²) in [4.78, 5) is 5.20. The number of halogens is 2. The van der Waals surface area contributed by atoms with Crippen molar-refractivity contribution in [3.05, 3.63) is 87.8 Å². The van der Waals surface area contributed by atoms with Crippen LogP contribution in [0.3, 0.4) is 0 Å². The molecule has 6 rings (SSSR count). The van der Waals surface area contributed by atoms with E-state index >= 15 is 8.63 Å². The maximum absolute atomic E-state index is 15.2. The summed E-state index contributed by atoms with van der Waals surface area (Å²) in [7, 11) is 0.628. The number of methoxy groups -OCH3 is 2. The molecule has 2 aromatic carbocycles. The minimum absolute atomic E-state index is 0.0270. The van der Waals surface area contributed by atoms with Gasteiger partial charge in [0.2, 0.25) is 0 Å². The van der Waals surface area contributed by atoms with Crippen LogP contribution in [0.5, 0.6) is 11.5 Å². The molecule has 2 aliphatic carbocycles. The zero-order valence-electron chi connectivity index (χ0n) is 23.8. The summed E-state index contributed by atoms with van der Waals surface area (Å²) in [6, 6.07) is 13.9. The number of thioether (sulfide) groups is 2. The van der Waals surface area contributed by atoms with E-state index < -0.39 is 7.40 Å². The van der Waals surface area contributed by atoms with Crippen molar-refractivity contribution < 1.29 is 18.1 Å². The number of aryl methyl sites for hydroxylation is 3. The quantitative estimate of drug-likeness (QED) is 0.187. The van der Waals surface area contributed by atoms with Crippen LogP contribution in [0.15, 0.2) is 64.8 Å². The van der Waals surface area contributed by atoms with E-state index in [-0.39, 0.29) is 4.58 Å². The predicted molar refractivity (Wildman–Crippen MR) is 170 cm³/mol. The Labute approximate surface area is 249 Å². The molecule has 9 heteroatoms. The molecule has 2 heterocycles. The monoisotopic (exact) mass is 590 g/mol. The standard InChI is InChI=1S/C32H33BF2N2O2S2/c1-5-40-32(41-6-2)29(27-17-21-9-7-19-15-23(38-3)11-13-25(19)30(21)36-27)28-18-22-10-8-20-16-24(39-4)12-14-26(20)31(22)37(28)33(34)35/h11-18,32H,5-10H2,1-4H3/b29-27-. The number of rotatable bonds is 9. The van der Waals surface area contributed by atoms with Gasteiger partial charge in [0.1, 0.15) is 11.5 Å². The van der Waals surface area contributed by atoms with E-state index in [1.165, 1.54) is 15.6 Å². The highest BCUT2D eigenvalue weighted by Gasteiger charge is 2.36. The summed E-state index contributed by atoms with van der Waals surface area (Å²) in [5.74, 6) is 3.34. The first-order valence-corrected chi connectivity index (χ1v) is 16.2. The molecule has 0 N–H and O–H groups in total. The van der Waals surface area contributed by atoms with Gasteiger partial charge in [0.25, 0.3) is 0 Å². The van der Waals surface area contributed by atoms with Crippen molar-refractivity contribution in [2.45, 2.75) is 44.1 Å². The van der Waals surface area contributed by atoms with E-state index in [0.29, 0.717) is 17.8 Å². The minimum Gasteiger partial charge on any atom is -0.497 e. The number of fused-ring (bicyclic) bond motifs is 6. The molecular formula is C32H33BF2N2O2S2. The van der Waals surface area contributed by atoms with Gasteiger partial charge in [0.15, 0.2) is 0 Å². The fourth-order valence-electron chi connectivity index (χ4n) is 6.20. The number of hydrogen-bond acceptors (Lipinski definition) is 5. The van der Waals surface area contributed by atoms with Crippen LogP contribution in [0.25, 0.3) is 16.8 Å². The number of allylic oxidation sites excluding steroid dienone is 2. The van der Waals surface area contributed by atoms with Crippen LogP contribution in [0, 0.1) is 0 Å². The van der Waals surface area contributed by atoms with Gasteiger partial charge in [0.05, 0.1) is 30.2 Å². The smallest absolute Gasteiger partial charge is 0.497 e. The van der Waals surface area contributed by atoms with Gasteiger partial charge in [0, 0.05) is 28.1 Å². The summed E-state index contributed by atoms with van der Waals surface area (Å²) in [5.41, 5.74) is 10.2. The van der Waals surface area contributed by atoms with Crippen molar-refractivity contribution in [3.63, 3.8) is 0 Å². The number of benzene rings is 2. The van der Waals surface area contributed by atoms with Gasteiger partial charge in [-0.05, 0) is 108 Å². The van der Waals surface area contributed by atoms with Gasteiger partial charge in [-0.1, -0.05) is 13.8 Å². The van der Waals surface area contributed by atoms with E-state index in [0.717, 1.165) is 81.5 Å². The summed E-state index contributed by atoms with van der Waals surface area (Å²) < 4.78 is 42.5. The molecule has 0 fully saturated rings. The van der Waals surface area contributed by atoms with Gasteiger partial charge in [-0.25, -0.2) is 4.99 Å². The first-order valence-electron chi connectivity index (χ1n) is 14.1. The lowest BCUT2D eigenvalue weighted by molar-refractivity contribution is 0.414. The minimum atomic E-state index is -2.69. The van der Waals surface area contributed by atoms with Gasteiger partial charge >= 0.3 is 7.40 Å². The van der Waals surface area contributed by atoms with Crippen LogP contribution < -0.4 is 9.47 Å². The molecule has 1 aliphatic heterocycles. The third-order valence-electron chi connectivity index (χ3n) is 8.04. The Morgan fingerprint density at radius 1 is 0.878 bits per heavy atom. The summed E-state index contributed by atoms with van der Waals surface area (Å²) >= 11 is 3.57. The average molecular weight is 591 g/mol. The maximum atomic E-state index is 15.2. The van der Waals surface area contributed by atoms with Gasteiger partial charge < -0.3 is 14.0 Å².